The van der Waals surface area contributed by atoms with Crippen LogP contribution in [0.2, 0.25) is 0 Å². The molecular formula is C8H7BrF2S. The standard InChI is InChI=1S/C8H7BrF2S/c9-7-2-1-6(12-7)8(11)4-3-5(8)10/h1-2,5H,3-4H2/t5-,8+/m1/s1. The van der Waals surface area contributed by atoms with Crippen molar-refractivity contribution in [2.45, 2.75) is 24.7 Å². The summed E-state index contributed by atoms with van der Waals surface area (Å²) in [5, 5.41) is 0. The van der Waals surface area contributed by atoms with Crippen LogP contribution in [0.1, 0.15) is 17.7 Å². The van der Waals surface area contributed by atoms with Gasteiger partial charge in [0.2, 0.25) is 0 Å². The van der Waals surface area contributed by atoms with Crippen molar-refractivity contribution >= 4 is 27.3 Å². The molecule has 2 rings (SSSR count). The van der Waals surface area contributed by atoms with E-state index >= 15 is 0 Å². The fourth-order valence-electron chi connectivity index (χ4n) is 1.32. The van der Waals surface area contributed by atoms with Gasteiger partial charge in [0.05, 0.1) is 3.79 Å². The summed E-state index contributed by atoms with van der Waals surface area (Å²) in [4.78, 5) is 0.508. The molecule has 0 radical (unpaired) electrons. The number of rotatable bonds is 1. The first-order valence-corrected chi connectivity index (χ1v) is 5.33. The molecule has 1 aliphatic rings. The molecule has 0 spiro atoms. The third kappa shape index (κ3) is 1.12. The lowest BCUT2D eigenvalue weighted by molar-refractivity contribution is -0.0399. The van der Waals surface area contributed by atoms with Gasteiger partial charge in [0.1, 0.15) is 6.17 Å². The van der Waals surface area contributed by atoms with Crippen LogP contribution in [0.3, 0.4) is 0 Å². The summed E-state index contributed by atoms with van der Waals surface area (Å²) in [5.41, 5.74) is -1.68. The summed E-state index contributed by atoms with van der Waals surface area (Å²) in [6, 6.07) is 3.41. The zero-order valence-corrected chi connectivity index (χ0v) is 8.59. The van der Waals surface area contributed by atoms with E-state index in [0.717, 1.165) is 3.79 Å². The van der Waals surface area contributed by atoms with Gasteiger partial charge in [-0.1, -0.05) is 0 Å². The summed E-state index contributed by atoms with van der Waals surface area (Å²) < 4.78 is 27.4. The Labute approximate surface area is 81.7 Å². The van der Waals surface area contributed by atoms with Crippen LogP contribution in [0.5, 0.6) is 0 Å². The molecule has 1 heterocycles. The van der Waals surface area contributed by atoms with Gasteiger partial charge in [-0.15, -0.1) is 11.3 Å². The minimum atomic E-state index is -1.68. The second-order valence-electron chi connectivity index (χ2n) is 2.97. The lowest BCUT2D eigenvalue weighted by Crippen LogP contribution is -2.41. The fraction of sp³-hybridized carbons (Fsp3) is 0.500. The van der Waals surface area contributed by atoms with E-state index < -0.39 is 11.8 Å². The number of thiophene rings is 1. The molecule has 66 valence electrons. The van der Waals surface area contributed by atoms with Crippen molar-refractivity contribution in [1.82, 2.24) is 0 Å². The van der Waals surface area contributed by atoms with Gasteiger partial charge < -0.3 is 0 Å². The molecule has 0 unspecified atom stereocenters. The van der Waals surface area contributed by atoms with Gasteiger partial charge in [-0.2, -0.15) is 0 Å². The predicted molar refractivity (Wildman–Crippen MR) is 48.9 cm³/mol. The van der Waals surface area contributed by atoms with Crippen LogP contribution < -0.4 is 0 Å². The van der Waals surface area contributed by atoms with Crippen molar-refractivity contribution in [3.05, 3.63) is 20.8 Å². The van der Waals surface area contributed by atoms with Crippen molar-refractivity contribution in [1.29, 1.82) is 0 Å². The summed E-state index contributed by atoms with van der Waals surface area (Å²) in [5.74, 6) is 0. The Hall–Kier alpha value is 0.0400. The molecule has 0 aromatic carbocycles. The van der Waals surface area contributed by atoms with Crippen LogP contribution in [0.15, 0.2) is 15.9 Å². The number of hydrogen-bond acceptors (Lipinski definition) is 1. The molecule has 0 saturated heterocycles. The van der Waals surface area contributed by atoms with Crippen LogP contribution in [-0.4, -0.2) is 6.17 Å². The highest BCUT2D eigenvalue weighted by Crippen LogP contribution is 2.49. The summed E-state index contributed by atoms with van der Waals surface area (Å²) in [7, 11) is 0. The van der Waals surface area contributed by atoms with E-state index in [0.29, 0.717) is 17.7 Å². The Balaban J connectivity index is 2.30. The van der Waals surface area contributed by atoms with Crippen molar-refractivity contribution in [2.75, 3.05) is 0 Å². The average molecular weight is 253 g/mol. The van der Waals surface area contributed by atoms with Crippen LogP contribution in [-0.2, 0) is 5.67 Å². The van der Waals surface area contributed by atoms with E-state index in [1.807, 2.05) is 0 Å². The maximum absolute atomic E-state index is 13.7. The van der Waals surface area contributed by atoms with Gasteiger partial charge in [0.15, 0.2) is 5.67 Å². The second-order valence-corrected chi connectivity index (χ2v) is 5.44. The summed E-state index contributed by atoms with van der Waals surface area (Å²) in [6.07, 6.45) is -0.629. The van der Waals surface area contributed by atoms with E-state index in [2.05, 4.69) is 15.9 Å². The topological polar surface area (TPSA) is 0 Å². The monoisotopic (exact) mass is 252 g/mol. The SMILES string of the molecule is F[C@@H]1CC[C@@]1(F)c1ccc(Br)s1. The van der Waals surface area contributed by atoms with Gasteiger partial charge in [-0.3, -0.25) is 0 Å². The van der Waals surface area contributed by atoms with Gasteiger partial charge >= 0.3 is 0 Å². The highest BCUT2D eigenvalue weighted by atomic mass is 79.9. The molecule has 0 N–H and O–H groups in total. The molecule has 0 aliphatic heterocycles. The quantitative estimate of drug-likeness (QED) is 0.713. The summed E-state index contributed by atoms with van der Waals surface area (Å²) in [6.45, 7) is 0. The molecule has 4 heteroatoms. The average Bonchev–Trinajstić information content (AvgIpc) is 2.47. The molecule has 1 fully saturated rings. The third-order valence-electron chi connectivity index (χ3n) is 2.24. The predicted octanol–water partition coefficient (Wildman–Crippen LogP) is 3.81. The molecule has 0 nitrogen and oxygen atoms in total. The van der Waals surface area contributed by atoms with Gasteiger partial charge in [0.25, 0.3) is 0 Å². The maximum atomic E-state index is 13.7. The van der Waals surface area contributed by atoms with Crippen molar-refractivity contribution in [2.24, 2.45) is 0 Å². The largest absolute Gasteiger partial charge is 0.244 e. The second kappa shape index (κ2) is 2.77. The van der Waals surface area contributed by atoms with Crippen LogP contribution >= 0.6 is 27.3 Å². The Morgan fingerprint density at radius 3 is 2.67 bits per heavy atom. The van der Waals surface area contributed by atoms with E-state index in [1.54, 1.807) is 12.1 Å². The normalized spacial score (nSPS) is 34.8. The number of alkyl halides is 2. The van der Waals surface area contributed by atoms with Crippen molar-refractivity contribution in [3.8, 4) is 0 Å². The molecule has 1 saturated carbocycles. The third-order valence-corrected chi connectivity index (χ3v) is 4.02. The van der Waals surface area contributed by atoms with Crippen molar-refractivity contribution < 1.29 is 8.78 Å². The fourth-order valence-corrected chi connectivity index (χ4v) is 2.86. The lowest BCUT2D eigenvalue weighted by atomic mass is 9.79. The molecule has 1 aromatic heterocycles. The number of hydrogen-bond donors (Lipinski definition) is 0. The minimum Gasteiger partial charge on any atom is -0.244 e. The zero-order chi connectivity index (χ0) is 8.77. The Bertz CT molecular complexity index is 299. The molecule has 0 bridgehead atoms. The highest BCUT2D eigenvalue weighted by molar-refractivity contribution is 9.11. The molecule has 1 aliphatic carbocycles. The molecule has 1 aromatic rings. The van der Waals surface area contributed by atoms with Crippen LogP contribution in [0.25, 0.3) is 0 Å². The van der Waals surface area contributed by atoms with Gasteiger partial charge in [-0.25, -0.2) is 8.78 Å². The van der Waals surface area contributed by atoms with Crippen molar-refractivity contribution in [3.63, 3.8) is 0 Å². The van der Waals surface area contributed by atoms with E-state index in [1.165, 1.54) is 11.3 Å². The highest BCUT2D eigenvalue weighted by Gasteiger charge is 2.50. The van der Waals surface area contributed by atoms with Crippen LogP contribution in [0, 0.1) is 0 Å². The maximum Gasteiger partial charge on any atom is 0.176 e. The Morgan fingerprint density at radius 1 is 1.58 bits per heavy atom. The Morgan fingerprint density at radius 2 is 2.33 bits per heavy atom. The Kier molecular flexibility index (Phi) is 1.99. The molecule has 12 heavy (non-hydrogen) atoms. The van der Waals surface area contributed by atoms with E-state index in [4.69, 9.17) is 0 Å². The van der Waals surface area contributed by atoms with Gasteiger partial charge in [-0.05, 0) is 40.9 Å². The lowest BCUT2D eigenvalue weighted by Gasteiger charge is -2.36. The number of halogens is 3. The van der Waals surface area contributed by atoms with Gasteiger partial charge in [0, 0.05) is 4.88 Å². The smallest absolute Gasteiger partial charge is 0.176 e. The van der Waals surface area contributed by atoms with E-state index in [-0.39, 0.29) is 0 Å². The summed E-state index contributed by atoms with van der Waals surface area (Å²) >= 11 is 4.50. The first-order chi connectivity index (χ1) is 5.63. The van der Waals surface area contributed by atoms with Crippen LogP contribution in [0.4, 0.5) is 8.78 Å². The minimum absolute atomic E-state index is 0.321. The molecular weight excluding hydrogens is 246 g/mol. The molecule has 2 atom stereocenters. The zero-order valence-electron chi connectivity index (χ0n) is 6.19. The first kappa shape index (κ1) is 8.63. The van der Waals surface area contributed by atoms with E-state index in [9.17, 15) is 8.78 Å². The first-order valence-electron chi connectivity index (χ1n) is 3.72. The molecule has 0 amide bonds.